The summed E-state index contributed by atoms with van der Waals surface area (Å²) >= 11 is 5.91. The fourth-order valence-electron chi connectivity index (χ4n) is 1.87. The summed E-state index contributed by atoms with van der Waals surface area (Å²) in [6.45, 7) is 5.74. The fraction of sp³-hybridized carbons (Fsp3) is 0.417. The quantitative estimate of drug-likeness (QED) is 0.675. The van der Waals surface area contributed by atoms with E-state index in [0.717, 1.165) is 5.56 Å². The molecule has 1 aromatic rings. The molecule has 0 radical (unpaired) electrons. The van der Waals surface area contributed by atoms with Crippen LogP contribution in [0.4, 0.5) is 0 Å². The zero-order chi connectivity index (χ0) is 11.2. The zero-order valence-electron chi connectivity index (χ0n) is 9.06. The Kier molecular flexibility index (Phi) is 2.27. The van der Waals surface area contributed by atoms with Gasteiger partial charge in [0.15, 0.2) is 5.78 Å². The Morgan fingerprint density at radius 2 is 2.07 bits per heavy atom. The normalized spacial score (nSPS) is 18.3. The van der Waals surface area contributed by atoms with Gasteiger partial charge < -0.3 is 4.74 Å². The second-order valence-electron chi connectivity index (χ2n) is 4.56. The van der Waals surface area contributed by atoms with Gasteiger partial charge in [-0.15, -0.1) is 0 Å². The maximum Gasteiger partial charge on any atom is 0.170 e. The van der Waals surface area contributed by atoms with Crippen molar-refractivity contribution in [3.8, 4) is 5.75 Å². The molecule has 0 spiro atoms. The summed E-state index contributed by atoms with van der Waals surface area (Å²) in [7, 11) is 0. The summed E-state index contributed by atoms with van der Waals surface area (Å²) < 4.78 is 5.80. The van der Waals surface area contributed by atoms with Gasteiger partial charge in [-0.1, -0.05) is 11.6 Å². The Hall–Kier alpha value is -1.02. The van der Waals surface area contributed by atoms with Gasteiger partial charge in [-0.25, -0.2) is 0 Å². The molecule has 0 fully saturated rings. The predicted molar refractivity (Wildman–Crippen MR) is 59.8 cm³/mol. The van der Waals surface area contributed by atoms with E-state index in [4.69, 9.17) is 16.3 Å². The minimum atomic E-state index is -0.414. The van der Waals surface area contributed by atoms with Gasteiger partial charge in [0, 0.05) is 5.02 Å². The molecule has 1 aliphatic heterocycles. The van der Waals surface area contributed by atoms with E-state index in [-0.39, 0.29) is 5.78 Å². The molecule has 2 rings (SSSR count). The van der Waals surface area contributed by atoms with Crippen molar-refractivity contribution >= 4 is 17.4 Å². The standard InChI is InChI=1S/C12H13ClO2/c1-7-4-8(13)5-9-10(14)6-12(2,3)15-11(7)9/h4-5H,6H2,1-3H3. The number of hydrogen-bond donors (Lipinski definition) is 0. The number of carbonyl (C=O) groups excluding carboxylic acids is 1. The van der Waals surface area contributed by atoms with E-state index in [0.29, 0.717) is 22.8 Å². The monoisotopic (exact) mass is 224 g/mol. The number of benzene rings is 1. The van der Waals surface area contributed by atoms with Gasteiger partial charge in [0.1, 0.15) is 11.4 Å². The molecule has 0 bridgehead atoms. The third-order valence-corrected chi connectivity index (χ3v) is 2.72. The van der Waals surface area contributed by atoms with Crippen molar-refractivity contribution in [1.29, 1.82) is 0 Å². The highest BCUT2D eigenvalue weighted by molar-refractivity contribution is 6.31. The van der Waals surface area contributed by atoms with E-state index < -0.39 is 5.60 Å². The molecule has 15 heavy (non-hydrogen) atoms. The van der Waals surface area contributed by atoms with Crippen LogP contribution in [0.1, 0.15) is 36.2 Å². The molecule has 1 aromatic carbocycles. The number of rotatable bonds is 0. The molecule has 0 aromatic heterocycles. The average Bonchev–Trinajstić information content (AvgIpc) is 2.06. The van der Waals surface area contributed by atoms with E-state index in [1.807, 2.05) is 26.8 Å². The van der Waals surface area contributed by atoms with E-state index in [2.05, 4.69) is 0 Å². The summed E-state index contributed by atoms with van der Waals surface area (Å²) in [5, 5.41) is 0.586. The van der Waals surface area contributed by atoms with Gasteiger partial charge in [-0.2, -0.15) is 0 Å². The zero-order valence-corrected chi connectivity index (χ0v) is 9.81. The van der Waals surface area contributed by atoms with E-state index in [1.165, 1.54) is 0 Å². The van der Waals surface area contributed by atoms with E-state index in [9.17, 15) is 4.79 Å². The third-order valence-electron chi connectivity index (χ3n) is 2.50. The lowest BCUT2D eigenvalue weighted by molar-refractivity contribution is 0.0615. The second-order valence-corrected chi connectivity index (χ2v) is 5.00. The SMILES string of the molecule is Cc1cc(Cl)cc2c1OC(C)(C)CC2=O. The van der Waals surface area contributed by atoms with Crippen LogP contribution < -0.4 is 4.74 Å². The summed E-state index contributed by atoms with van der Waals surface area (Å²) in [5.41, 5.74) is 1.11. The van der Waals surface area contributed by atoms with Gasteiger partial charge in [-0.05, 0) is 38.5 Å². The lowest BCUT2D eigenvalue weighted by Crippen LogP contribution is -2.36. The minimum Gasteiger partial charge on any atom is -0.486 e. The molecule has 1 aliphatic rings. The summed E-state index contributed by atoms with van der Waals surface area (Å²) in [6.07, 6.45) is 0.403. The Balaban J connectivity index is 2.60. The van der Waals surface area contributed by atoms with E-state index >= 15 is 0 Å². The smallest absolute Gasteiger partial charge is 0.170 e. The Labute approximate surface area is 94.2 Å². The predicted octanol–water partition coefficient (Wildman–Crippen LogP) is 3.39. The first-order valence-corrected chi connectivity index (χ1v) is 5.29. The first-order chi connectivity index (χ1) is 6.89. The van der Waals surface area contributed by atoms with Crippen LogP contribution in [0.25, 0.3) is 0 Å². The summed E-state index contributed by atoms with van der Waals surface area (Å²) in [4.78, 5) is 11.9. The van der Waals surface area contributed by atoms with Gasteiger partial charge >= 0.3 is 0 Å². The maximum absolute atomic E-state index is 11.9. The third kappa shape index (κ3) is 1.86. The van der Waals surface area contributed by atoms with Crippen LogP contribution in [0.15, 0.2) is 12.1 Å². The highest BCUT2D eigenvalue weighted by Gasteiger charge is 2.33. The highest BCUT2D eigenvalue weighted by Crippen LogP contribution is 2.37. The Bertz CT molecular complexity index is 435. The molecule has 2 nitrogen and oxygen atoms in total. The van der Waals surface area contributed by atoms with Crippen molar-refractivity contribution in [2.75, 3.05) is 0 Å². The molecular weight excluding hydrogens is 212 g/mol. The number of aryl methyl sites for hydroxylation is 1. The summed E-state index contributed by atoms with van der Waals surface area (Å²) in [6, 6.07) is 3.50. The first kappa shape index (κ1) is 10.5. The lowest BCUT2D eigenvalue weighted by atomic mass is 9.92. The molecular formula is C12H13ClO2. The highest BCUT2D eigenvalue weighted by atomic mass is 35.5. The Morgan fingerprint density at radius 3 is 2.73 bits per heavy atom. The van der Waals surface area contributed by atoms with Crippen LogP contribution in [-0.2, 0) is 0 Å². The van der Waals surface area contributed by atoms with Crippen LogP contribution in [0, 0.1) is 6.92 Å². The molecule has 0 aliphatic carbocycles. The Morgan fingerprint density at radius 1 is 1.40 bits per heavy atom. The van der Waals surface area contributed by atoms with Crippen LogP contribution in [-0.4, -0.2) is 11.4 Å². The molecule has 0 atom stereocenters. The molecule has 0 saturated heterocycles. The summed E-state index contributed by atoms with van der Waals surface area (Å²) in [5.74, 6) is 0.785. The molecule has 3 heteroatoms. The van der Waals surface area contributed by atoms with Crippen molar-refractivity contribution in [3.63, 3.8) is 0 Å². The fourth-order valence-corrected chi connectivity index (χ4v) is 2.14. The first-order valence-electron chi connectivity index (χ1n) is 4.91. The number of ketones is 1. The largest absolute Gasteiger partial charge is 0.486 e. The van der Waals surface area contributed by atoms with Crippen LogP contribution in [0.3, 0.4) is 0 Å². The van der Waals surface area contributed by atoms with Crippen LogP contribution in [0.2, 0.25) is 5.02 Å². The number of Topliss-reactive ketones (excluding diaryl/α,β-unsaturated/α-hetero) is 1. The van der Waals surface area contributed by atoms with Crippen LogP contribution in [0.5, 0.6) is 5.75 Å². The molecule has 0 amide bonds. The van der Waals surface area contributed by atoms with Crippen molar-refractivity contribution in [1.82, 2.24) is 0 Å². The molecule has 0 unspecified atom stereocenters. The molecule has 0 saturated carbocycles. The second kappa shape index (κ2) is 3.24. The number of fused-ring (bicyclic) bond motifs is 1. The van der Waals surface area contributed by atoms with Crippen molar-refractivity contribution in [2.24, 2.45) is 0 Å². The number of halogens is 1. The van der Waals surface area contributed by atoms with Gasteiger partial charge in [0.2, 0.25) is 0 Å². The number of carbonyl (C=O) groups is 1. The van der Waals surface area contributed by atoms with Crippen LogP contribution >= 0.6 is 11.6 Å². The van der Waals surface area contributed by atoms with Gasteiger partial charge in [0.25, 0.3) is 0 Å². The molecule has 0 N–H and O–H groups in total. The minimum absolute atomic E-state index is 0.104. The van der Waals surface area contributed by atoms with Gasteiger partial charge in [0.05, 0.1) is 12.0 Å². The van der Waals surface area contributed by atoms with Crippen molar-refractivity contribution in [2.45, 2.75) is 32.8 Å². The molecule has 80 valence electrons. The lowest BCUT2D eigenvalue weighted by Gasteiger charge is -2.32. The van der Waals surface area contributed by atoms with E-state index in [1.54, 1.807) is 6.07 Å². The average molecular weight is 225 g/mol. The van der Waals surface area contributed by atoms with Crippen molar-refractivity contribution in [3.05, 3.63) is 28.3 Å². The van der Waals surface area contributed by atoms with Gasteiger partial charge in [-0.3, -0.25) is 4.79 Å². The number of hydrogen-bond acceptors (Lipinski definition) is 2. The number of ether oxygens (including phenoxy) is 1. The topological polar surface area (TPSA) is 26.3 Å². The molecule has 1 heterocycles. The maximum atomic E-state index is 11.9. The van der Waals surface area contributed by atoms with Crippen molar-refractivity contribution < 1.29 is 9.53 Å².